The van der Waals surface area contributed by atoms with E-state index in [1.807, 2.05) is 32.0 Å². The number of aromatic nitrogens is 3. The average Bonchev–Trinajstić information content (AvgIpc) is 3.13. The summed E-state index contributed by atoms with van der Waals surface area (Å²) in [6, 6.07) is 9.24. The molecule has 0 aromatic carbocycles. The second-order valence-corrected chi connectivity index (χ2v) is 7.67. The number of carbonyl (C=O) groups is 1. The number of aryl methyl sites for hydroxylation is 2. The zero-order valence-electron chi connectivity index (χ0n) is 16.2. The van der Waals surface area contributed by atoms with Crippen LogP contribution in [0, 0.1) is 13.8 Å². The van der Waals surface area contributed by atoms with Crippen LogP contribution in [0.2, 0.25) is 0 Å². The van der Waals surface area contributed by atoms with Crippen molar-refractivity contribution in [2.75, 3.05) is 36.4 Å². The van der Waals surface area contributed by atoms with Gasteiger partial charge in [0.25, 0.3) is 5.91 Å². The van der Waals surface area contributed by atoms with E-state index in [-0.39, 0.29) is 5.91 Å². The van der Waals surface area contributed by atoms with Crippen LogP contribution in [0.3, 0.4) is 0 Å². The van der Waals surface area contributed by atoms with E-state index in [1.54, 1.807) is 23.2 Å². The molecule has 4 heterocycles. The molecule has 3 aromatic rings. The number of amides is 1. The Morgan fingerprint density at radius 1 is 1.07 bits per heavy atom. The minimum atomic E-state index is -0.0953. The van der Waals surface area contributed by atoms with Crippen molar-refractivity contribution in [2.24, 2.45) is 0 Å². The van der Waals surface area contributed by atoms with Crippen molar-refractivity contribution in [1.29, 1.82) is 0 Å². The van der Waals surface area contributed by atoms with Gasteiger partial charge in [0, 0.05) is 38.4 Å². The van der Waals surface area contributed by atoms with E-state index in [0.717, 1.165) is 17.2 Å². The SMILES string of the molecule is Cc1ccnc(Nc2cc(N3CCN(C(=O)c4ccc(Br)o4)CC3)nc(C)n2)c1. The van der Waals surface area contributed by atoms with Crippen molar-refractivity contribution >= 4 is 39.3 Å². The number of hydrogen-bond acceptors (Lipinski definition) is 7. The minimum Gasteiger partial charge on any atom is -0.444 e. The third-order valence-corrected chi connectivity index (χ3v) is 5.10. The number of furan rings is 1. The largest absolute Gasteiger partial charge is 0.444 e. The van der Waals surface area contributed by atoms with E-state index in [4.69, 9.17) is 4.42 Å². The molecule has 1 fully saturated rings. The number of piperazine rings is 1. The quantitative estimate of drug-likeness (QED) is 0.641. The first-order valence-electron chi connectivity index (χ1n) is 9.33. The molecule has 9 heteroatoms. The number of anilines is 3. The maximum Gasteiger partial charge on any atom is 0.289 e. The van der Waals surface area contributed by atoms with Gasteiger partial charge in [-0.3, -0.25) is 4.79 Å². The van der Waals surface area contributed by atoms with Crippen LogP contribution in [-0.4, -0.2) is 51.9 Å². The fourth-order valence-electron chi connectivity index (χ4n) is 3.24. The standard InChI is InChI=1S/C20H21BrN6O2/c1-13-5-6-22-17(11-13)25-18-12-19(24-14(2)23-18)26-7-9-27(10-8-26)20(28)15-3-4-16(21)29-15/h3-6,11-12H,7-10H2,1-2H3,(H,22,23,24,25). The highest BCUT2D eigenvalue weighted by Crippen LogP contribution is 2.22. The number of carbonyl (C=O) groups excluding carboxylic acids is 1. The molecule has 0 aliphatic carbocycles. The lowest BCUT2D eigenvalue weighted by molar-refractivity contribution is 0.0713. The molecule has 0 spiro atoms. The van der Waals surface area contributed by atoms with Crippen molar-refractivity contribution in [3.8, 4) is 0 Å². The molecule has 29 heavy (non-hydrogen) atoms. The summed E-state index contributed by atoms with van der Waals surface area (Å²) < 4.78 is 5.94. The number of pyridine rings is 1. The first-order valence-corrected chi connectivity index (χ1v) is 10.1. The third kappa shape index (κ3) is 4.56. The molecule has 3 aromatic heterocycles. The van der Waals surface area contributed by atoms with E-state index < -0.39 is 0 Å². The van der Waals surface area contributed by atoms with Crippen molar-refractivity contribution in [1.82, 2.24) is 19.9 Å². The van der Waals surface area contributed by atoms with Gasteiger partial charge in [0.05, 0.1) is 0 Å². The van der Waals surface area contributed by atoms with Gasteiger partial charge in [-0.15, -0.1) is 0 Å². The first kappa shape index (κ1) is 19.4. The minimum absolute atomic E-state index is 0.0953. The van der Waals surface area contributed by atoms with E-state index in [2.05, 4.69) is 41.1 Å². The highest BCUT2D eigenvalue weighted by molar-refractivity contribution is 9.10. The van der Waals surface area contributed by atoms with Crippen LogP contribution in [0.25, 0.3) is 0 Å². The summed E-state index contributed by atoms with van der Waals surface area (Å²) in [5.41, 5.74) is 1.12. The van der Waals surface area contributed by atoms with E-state index >= 15 is 0 Å². The summed E-state index contributed by atoms with van der Waals surface area (Å²) in [5.74, 6) is 3.21. The maximum atomic E-state index is 12.5. The third-order valence-electron chi connectivity index (χ3n) is 4.67. The molecule has 0 bridgehead atoms. The molecule has 1 aliphatic rings. The van der Waals surface area contributed by atoms with Gasteiger partial charge in [-0.1, -0.05) is 0 Å². The zero-order valence-corrected chi connectivity index (χ0v) is 17.8. The smallest absolute Gasteiger partial charge is 0.289 e. The van der Waals surface area contributed by atoms with Crippen LogP contribution >= 0.6 is 15.9 Å². The Hall–Kier alpha value is -2.94. The van der Waals surface area contributed by atoms with Crippen molar-refractivity contribution in [2.45, 2.75) is 13.8 Å². The molecule has 1 saturated heterocycles. The molecule has 4 rings (SSSR count). The van der Waals surface area contributed by atoms with Crippen molar-refractivity contribution < 1.29 is 9.21 Å². The number of nitrogens with zero attached hydrogens (tertiary/aromatic N) is 5. The first-order chi connectivity index (χ1) is 14.0. The van der Waals surface area contributed by atoms with Crippen LogP contribution in [0.15, 0.2) is 45.6 Å². The predicted molar refractivity (Wildman–Crippen MR) is 114 cm³/mol. The van der Waals surface area contributed by atoms with Crippen LogP contribution in [0.4, 0.5) is 17.5 Å². The molecule has 0 saturated carbocycles. The Morgan fingerprint density at radius 3 is 2.55 bits per heavy atom. The summed E-state index contributed by atoms with van der Waals surface area (Å²) in [6.07, 6.45) is 1.76. The Bertz CT molecular complexity index is 1030. The lowest BCUT2D eigenvalue weighted by Crippen LogP contribution is -2.49. The number of halogens is 1. The Labute approximate surface area is 177 Å². The summed E-state index contributed by atoms with van der Waals surface area (Å²) >= 11 is 3.24. The van der Waals surface area contributed by atoms with Crippen LogP contribution in [-0.2, 0) is 0 Å². The second kappa shape index (κ2) is 8.20. The number of hydrogen-bond donors (Lipinski definition) is 1. The van der Waals surface area contributed by atoms with Gasteiger partial charge in [-0.2, -0.15) is 0 Å². The lowest BCUT2D eigenvalue weighted by Gasteiger charge is -2.35. The van der Waals surface area contributed by atoms with E-state index in [9.17, 15) is 4.79 Å². The van der Waals surface area contributed by atoms with E-state index in [1.165, 1.54) is 0 Å². The average molecular weight is 457 g/mol. The summed E-state index contributed by atoms with van der Waals surface area (Å²) in [5, 5.41) is 3.25. The maximum absolute atomic E-state index is 12.5. The van der Waals surface area contributed by atoms with E-state index in [0.29, 0.717) is 48.3 Å². The van der Waals surface area contributed by atoms with Crippen LogP contribution < -0.4 is 10.2 Å². The Kier molecular flexibility index (Phi) is 5.48. The summed E-state index contributed by atoms with van der Waals surface area (Å²) in [4.78, 5) is 29.9. The van der Waals surface area contributed by atoms with Crippen molar-refractivity contribution in [3.63, 3.8) is 0 Å². The number of nitrogens with one attached hydrogen (secondary N) is 1. The molecule has 0 unspecified atom stereocenters. The topological polar surface area (TPSA) is 87.4 Å². The van der Waals surface area contributed by atoms with Gasteiger partial charge < -0.3 is 19.5 Å². The molecule has 1 N–H and O–H groups in total. The molecule has 8 nitrogen and oxygen atoms in total. The fraction of sp³-hybridized carbons (Fsp3) is 0.300. The highest BCUT2D eigenvalue weighted by Gasteiger charge is 2.25. The molecule has 0 atom stereocenters. The van der Waals surface area contributed by atoms with Gasteiger partial charge in [0.2, 0.25) is 0 Å². The molecule has 150 valence electrons. The zero-order chi connectivity index (χ0) is 20.4. The highest BCUT2D eigenvalue weighted by atomic mass is 79.9. The summed E-state index contributed by atoms with van der Waals surface area (Å²) in [7, 11) is 0. The molecular weight excluding hydrogens is 436 g/mol. The normalized spacial score (nSPS) is 14.2. The van der Waals surface area contributed by atoms with Gasteiger partial charge in [0.1, 0.15) is 23.3 Å². The molecule has 1 aliphatic heterocycles. The van der Waals surface area contributed by atoms with Crippen LogP contribution in [0.1, 0.15) is 21.9 Å². The van der Waals surface area contributed by atoms with Gasteiger partial charge in [-0.05, 0) is 59.6 Å². The lowest BCUT2D eigenvalue weighted by atomic mass is 10.2. The summed E-state index contributed by atoms with van der Waals surface area (Å²) in [6.45, 7) is 6.46. The van der Waals surface area contributed by atoms with Crippen molar-refractivity contribution in [3.05, 3.63) is 58.3 Å². The molecule has 0 radical (unpaired) electrons. The van der Waals surface area contributed by atoms with Gasteiger partial charge in [-0.25, -0.2) is 15.0 Å². The molecular formula is C20H21BrN6O2. The van der Waals surface area contributed by atoms with Gasteiger partial charge >= 0.3 is 0 Å². The Morgan fingerprint density at radius 2 is 1.86 bits per heavy atom. The predicted octanol–water partition coefficient (Wildman–Crippen LogP) is 3.55. The van der Waals surface area contributed by atoms with Crippen LogP contribution in [0.5, 0.6) is 0 Å². The Balaban J connectivity index is 1.44. The second-order valence-electron chi connectivity index (χ2n) is 6.89. The molecule has 1 amide bonds. The fourth-order valence-corrected chi connectivity index (χ4v) is 3.54. The van der Waals surface area contributed by atoms with Gasteiger partial charge in [0.15, 0.2) is 10.4 Å². The number of rotatable bonds is 4. The monoisotopic (exact) mass is 456 g/mol.